The number of carbonyl (C=O) groups is 2. The van der Waals surface area contributed by atoms with Crippen LogP contribution in [0.25, 0.3) is 0 Å². The Bertz CT molecular complexity index is 1170. The van der Waals surface area contributed by atoms with Crippen molar-refractivity contribution in [1.82, 2.24) is 10.2 Å². The molecular formula is C22H24Cl2F3N3O4S. The topological polar surface area (TPSA) is 86.8 Å². The third-order valence-corrected chi connectivity index (χ3v) is 6.90. The second-order valence-corrected chi connectivity index (χ2v) is 10.3. The molecule has 1 N–H and O–H groups in total. The number of anilines is 1. The van der Waals surface area contributed by atoms with E-state index in [0.717, 1.165) is 29.4 Å². The SMILES string of the molecule is CCNC(=O)[C@H](C)N(Cc1c(Cl)cccc1Cl)C(=O)CN(c1cccc(C(F)(F)F)c1)S(C)(=O)=O. The minimum absolute atomic E-state index is 0.219. The first-order valence-corrected chi connectivity index (χ1v) is 12.9. The summed E-state index contributed by atoms with van der Waals surface area (Å²) in [5.41, 5.74) is -1.10. The van der Waals surface area contributed by atoms with Gasteiger partial charge in [0.2, 0.25) is 21.8 Å². The molecule has 7 nitrogen and oxygen atoms in total. The summed E-state index contributed by atoms with van der Waals surface area (Å²) in [5.74, 6) is -1.36. The molecule has 35 heavy (non-hydrogen) atoms. The third-order valence-electron chi connectivity index (χ3n) is 5.05. The highest BCUT2D eigenvalue weighted by molar-refractivity contribution is 7.92. The van der Waals surface area contributed by atoms with Crippen LogP contribution in [0.2, 0.25) is 10.0 Å². The molecular weight excluding hydrogens is 530 g/mol. The molecule has 1 atom stereocenters. The van der Waals surface area contributed by atoms with Crippen LogP contribution in [0.1, 0.15) is 25.0 Å². The van der Waals surface area contributed by atoms with Crippen molar-refractivity contribution in [2.45, 2.75) is 32.6 Å². The molecule has 2 amide bonds. The van der Waals surface area contributed by atoms with E-state index in [2.05, 4.69) is 5.32 Å². The molecule has 0 aliphatic heterocycles. The van der Waals surface area contributed by atoms with Gasteiger partial charge in [0, 0.05) is 28.7 Å². The molecule has 0 radical (unpaired) electrons. The van der Waals surface area contributed by atoms with Crippen LogP contribution in [0.5, 0.6) is 0 Å². The Morgan fingerprint density at radius 3 is 2.17 bits per heavy atom. The largest absolute Gasteiger partial charge is 0.416 e. The van der Waals surface area contributed by atoms with Gasteiger partial charge in [0.1, 0.15) is 12.6 Å². The lowest BCUT2D eigenvalue weighted by Gasteiger charge is -2.32. The first-order valence-electron chi connectivity index (χ1n) is 10.3. The van der Waals surface area contributed by atoms with E-state index in [4.69, 9.17) is 23.2 Å². The summed E-state index contributed by atoms with van der Waals surface area (Å²) in [6.07, 6.45) is -3.95. The predicted octanol–water partition coefficient (Wildman–Crippen LogP) is 4.33. The normalized spacial score (nSPS) is 12.7. The minimum atomic E-state index is -4.72. The first kappa shape index (κ1) is 28.7. The molecule has 13 heteroatoms. The van der Waals surface area contributed by atoms with E-state index in [1.54, 1.807) is 13.0 Å². The summed E-state index contributed by atoms with van der Waals surface area (Å²) in [6, 6.07) is 7.20. The van der Waals surface area contributed by atoms with Gasteiger partial charge in [0.15, 0.2) is 0 Å². The number of hydrogen-bond donors (Lipinski definition) is 1. The molecule has 0 unspecified atom stereocenters. The molecule has 0 saturated carbocycles. The zero-order valence-corrected chi connectivity index (χ0v) is 21.4. The number of amides is 2. The Morgan fingerprint density at radius 1 is 1.09 bits per heavy atom. The molecule has 0 spiro atoms. The number of halogens is 5. The Kier molecular flexibility index (Phi) is 9.43. The van der Waals surface area contributed by atoms with Gasteiger partial charge in [-0.05, 0) is 44.2 Å². The van der Waals surface area contributed by atoms with E-state index in [0.29, 0.717) is 15.9 Å². The Labute approximate surface area is 211 Å². The number of benzene rings is 2. The molecule has 2 aromatic carbocycles. The Balaban J connectivity index is 2.49. The Hall–Kier alpha value is -2.50. The quantitative estimate of drug-likeness (QED) is 0.500. The third kappa shape index (κ3) is 7.49. The van der Waals surface area contributed by atoms with E-state index in [1.807, 2.05) is 0 Å². The molecule has 0 fully saturated rings. The van der Waals surface area contributed by atoms with Gasteiger partial charge in [-0.2, -0.15) is 13.2 Å². The molecule has 2 aromatic rings. The van der Waals surface area contributed by atoms with Gasteiger partial charge in [-0.15, -0.1) is 0 Å². The van der Waals surface area contributed by atoms with Crippen LogP contribution in [0, 0.1) is 0 Å². The van der Waals surface area contributed by atoms with Gasteiger partial charge >= 0.3 is 6.18 Å². The summed E-state index contributed by atoms with van der Waals surface area (Å²) in [6.45, 7) is 2.29. The van der Waals surface area contributed by atoms with Crippen LogP contribution in [0.4, 0.5) is 18.9 Å². The fourth-order valence-electron chi connectivity index (χ4n) is 3.21. The van der Waals surface area contributed by atoms with Crippen molar-refractivity contribution >= 4 is 50.7 Å². The second kappa shape index (κ2) is 11.5. The van der Waals surface area contributed by atoms with E-state index in [1.165, 1.54) is 19.1 Å². The van der Waals surface area contributed by atoms with Crippen molar-refractivity contribution in [1.29, 1.82) is 0 Å². The average Bonchev–Trinajstić information content (AvgIpc) is 2.75. The lowest BCUT2D eigenvalue weighted by Crippen LogP contribution is -2.51. The number of carbonyl (C=O) groups excluding carboxylic acids is 2. The number of sulfonamides is 1. The van der Waals surface area contributed by atoms with Crippen molar-refractivity contribution in [3.05, 3.63) is 63.6 Å². The first-order chi connectivity index (χ1) is 16.2. The molecule has 0 aromatic heterocycles. The fourth-order valence-corrected chi connectivity index (χ4v) is 4.57. The highest BCUT2D eigenvalue weighted by Gasteiger charge is 2.33. The van der Waals surface area contributed by atoms with Gasteiger partial charge < -0.3 is 10.2 Å². The van der Waals surface area contributed by atoms with Crippen molar-refractivity contribution in [3.8, 4) is 0 Å². The van der Waals surface area contributed by atoms with E-state index >= 15 is 0 Å². The molecule has 0 aliphatic carbocycles. The number of likely N-dealkylation sites (N-methyl/N-ethyl adjacent to an activating group) is 1. The number of hydrogen-bond acceptors (Lipinski definition) is 4. The fraction of sp³-hybridized carbons (Fsp3) is 0.364. The smallest absolute Gasteiger partial charge is 0.355 e. The van der Waals surface area contributed by atoms with Crippen molar-refractivity contribution < 1.29 is 31.2 Å². The van der Waals surface area contributed by atoms with Crippen LogP contribution in [0.3, 0.4) is 0 Å². The van der Waals surface area contributed by atoms with E-state index < -0.39 is 46.2 Å². The molecule has 0 saturated heterocycles. The van der Waals surface area contributed by atoms with Crippen molar-refractivity contribution in [2.24, 2.45) is 0 Å². The molecule has 0 bridgehead atoms. The lowest BCUT2D eigenvalue weighted by molar-refractivity contribution is -0.139. The van der Waals surface area contributed by atoms with Crippen LogP contribution in [0.15, 0.2) is 42.5 Å². The van der Waals surface area contributed by atoms with E-state index in [-0.39, 0.29) is 28.8 Å². The number of rotatable bonds is 9. The molecule has 0 aliphatic rings. The molecule has 192 valence electrons. The predicted molar refractivity (Wildman–Crippen MR) is 129 cm³/mol. The highest BCUT2D eigenvalue weighted by atomic mass is 35.5. The summed E-state index contributed by atoms with van der Waals surface area (Å²) >= 11 is 12.4. The van der Waals surface area contributed by atoms with E-state index in [9.17, 15) is 31.2 Å². The zero-order chi connectivity index (χ0) is 26.6. The second-order valence-electron chi connectivity index (χ2n) is 7.61. The summed E-state index contributed by atoms with van der Waals surface area (Å²) < 4.78 is 65.1. The lowest BCUT2D eigenvalue weighted by atomic mass is 10.1. The Morgan fingerprint density at radius 2 is 1.66 bits per heavy atom. The molecule has 2 rings (SSSR count). The maximum Gasteiger partial charge on any atom is 0.416 e. The number of alkyl halides is 3. The zero-order valence-electron chi connectivity index (χ0n) is 19.1. The minimum Gasteiger partial charge on any atom is -0.355 e. The van der Waals surface area contributed by atoms with Gasteiger partial charge in [-0.3, -0.25) is 13.9 Å². The number of nitrogens with one attached hydrogen (secondary N) is 1. The van der Waals surface area contributed by atoms with Crippen molar-refractivity contribution in [2.75, 3.05) is 23.7 Å². The maximum atomic E-state index is 13.4. The van der Waals surface area contributed by atoms with Gasteiger partial charge in [-0.1, -0.05) is 35.3 Å². The van der Waals surface area contributed by atoms with Gasteiger partial charge in [0.05, 0.1) is 17.5 Å². The van der Waals surface area contributed by atoms with Gasteiger partial charge in [0.25, 0.3) is 0 Å². The van der Waals surface area contributed by atoms with Crippen LogP contribution in [-0.2, 0) is 32.3 Å². The van der Waals surface area contributed by atoms with Crippen LogP contribution in [-0.4, -0.2) is 50.5 Å². The summed E-state index contributed by atoms with van der Waals surface area (Å²) in [4.78, 5) is 27.0. The maximum absolute atomic E-state index is 13.4. The van der Waals surface area contributed by atoms with Gasteiger partial charge in [-0.25, -0.2) is 8.42 Å². The average molecular weight is 554 g/mol. The van der Waals surface area contributed by atoms with Crippen LogP contribution >= 0.6 is 23.2 Å². The van der Waals surface area contributed by atoms with Crippen molar-refractivity contribution in [3.63, 3.8) is 0 Å². The standard InChI is InChI=1S/C22H24Cl2F3N3O4S/c1-4-28-21(32)14(2)29(12-17-18(23)9-6-10-19(17)24)20(31)13-30(35(3,33)34)16-8-5-7-15(11-16)22(25,26)27/h5-11,14H,4,12-13H2,1-3H3,(H,28,32)/t14-/m0/s1. The highest BCUT2D eigenvalue weighted by Crippen LogP contribution is 2.32. The number of nitrogens with zero attached hydrogens (tertiary/aromatic N) is 2. The monoisotopic (exact) mass is 553 g/mol. The summed E-state index contributed by atoms with van der Waals surface area (Å²) in [7, 11) is -4.19. The van der Waals surface area contributed by atoms with Crippen LogP contribution < -0.4 is 9.62 Å². The summed E-state index contributed by atoms with van der Waals surface area (Å²) in [5, 5.41) is 3.02. The molecule has 0 heterocycles.